The Morgan fingerprint density at radius 1 is 1.20 bits per heavy atom. The maximum Gasteiger partial charge on any atom is 0.0575 e. The van der Waals surface area contributed by atoms with Gasteiger partial charge in [0.1, 0.15) is 0 Å². The van der Waals surface area contributed by atoms with E-state index in [0.717, 1.165) is 19.4 Å². The molecule has 1 fully saturated rings. The first-order valence-electron chi connectivity index (χ1n) is 7.77. The third-order valence-corrected chi connectivity index (χ3v) is 4.51. The molecule has 1 saturated heterocycles. The normalized spacial score (nSPS) is 20.9. The molecule has 0 bridgehead atoms. The van der Waals surface area contributed by atoms with E-state index in [1.165, 1.54) is 41.5 Å². The Balaban J connectivity index is 2.02. The first kappa shape index (κ1) is 15.5. The van der Waals surface area contributed by atoms with Crippen LogP contribution in [0.25, 0.3) is 0 Å². The van der Waals surface area contributed by atoms with E-state index in [1.807, 2.05) is 0 Å². The quantitative estimate of drug-likeness (QED) is 0.639. The van der Waals surface area contributed by atoms with Crippen LogP contribution in [0.1, 0.15) is 60.4 Å². The second-order valence-corrected chi connectivity index (χ2v) is 6.08. The van der Waals surface area contributed by atoms with Gasteiger partial charge in [0.2, 0.25) is 0 Å². The summed E-state index contributed by atoms with van der Waals surface area (Å²) in [6, 6.07) is 4.75. The number of rotatable bonds is 5. The van der Waals surface area contributed by atoms with E-state index < -0.39 is 0 Å². The Morgan fingerprint density at radius 3 is 2.60 bits per heavy atom. The van der Waals surface area contributed by atoms with Crippen LogP contribution < -0.4 is 11.3 Å². The van der Waals surface area contributed by atoms with Gasteiger partial charge in [-0.05, 0) is 75.1 Å². The molecular formula is C17H28N2O. The van der Waals surface area contributed by atoms with Crippen molar-refractivity contribution in [2.24, 2.45) is 5.84 Å². The summed E-state index contributed by atoms with van der Waals surface area (Å²) in [6.07, 6.45) is 6.25. The van der Waals surface area contributed by atoms with E-state index in [-0.39, 0.29) is 6.04 Å². The standard InChI is InChI=1S/C17H28N2O/c1-12-10-14(3)16(11-13(12)2)17(19-18)8-7-15-6-4-5-9-20-15/h10-11,15,17,19H,4-9,18H2,1-3H3. The zero-order chi connectivity index (χ0) is 14.5. The van der Waals surface area contributed by atoms with Gasteiger partial charge >= 0.3 is 0 Å². The van der Waals surface area contributed by atoms with Crippen LogP contribution in [0.2, 0.25) is 0 Å². The first-order chi connectivity index (χ1) is 9.61. The lowest BCUT2D eigenvalue weighted by atomic mass is 9.92. The third-order valence-electron chi connectivity index (χ3n) is 4.51. The number of benzene rings is 1. The van der Waals surface area contributed by atoms with Gasteiger partial charge in [0.15, 0.2) is 0 Å². The Kier molecular flexibility index (Phi) is 5.58. The monoisotopic (exact) mass is 276 g/mol. The van der Waals surface area contributed by atoms with Gasteiger partial charge in [0, 0.05) is 12.6 Å². The molecule has 0 aromatic heterocycles. The van der Waals surface area contributed by atoms with Crippen LogP contribution in [0.5, 0.6) is 0 Å². The maximum absolute atomic E-state index is 5.81. The van der Waals surface area contributed by atoms with E-state index in [4.69, 9.17) is 10.6 Å². The summed E-state index contributed by atoms with van der Waals surface area (Å²) < 4.78 is 5.81. The van der Waals surface area contributed by atoms with Gasteiger partial charge in [0.25, 0.3) is 0 Å². The van der Waals surface area contributed by atoms with Crippen LogP contribution in [0, 0.1) is 20.8 Å². The van der Waals surface area contributed by atoms with E-state index in [9.17, 15) is 0 Å². The van der Waals surface area contributed by atoms with Gasteiger partial charge in [-0.2, -0.15) is 0 Å². The molecule has 1 aromatic rings. The van der Waals surface area contributed by atoms with Crippen molar-refractivity contribution in [3.8, 4) is 0 Å². The van der Waals surface area contributed by atoms with Gasteiger partial charge in [0.05, 0.1) is 6.10 Å². The number of aryl methyl sites for hydroxylation is 3. The summed E-state index contributed by atoms with van der Waals surface area (Å²) in [5.41, 5.74) is 8.31. The van der Waals surface area contributed by atoms with Crippen LogP contribution in [0.15, 0.2) is 12.1 Å². The third kappa shape index (κ3) is 3.81. The topological polar surface area (TPSA) is 47.3 Å². The summed E-state index contributed by atoms with van der Waals surface area (Å²) in [7, 11) is 0. The SMILES string of the molecule is Cc1cc(C)c(C(CCC2CCCCO2)NN)cc1C. The van der Waals surface area contributed by atoms with Crippen molar-refractivity contribution in [2.75, 3.05) is 6.61 Å². The number of nitrogens with two attached hydrogens (primary N) is 1. The molecule has 2 unspecified atom stereocenters. The Morgan fingerprint density at radius 2 is 1.95 bits per heavy atom. The molecule has 1 aliphatic rings. The van der Waals surface area contributed by atoms with Gasteiger partial charge in [-0.1, -0.05) is 12.1 Å². The first-order valence-corrected chi connectivity index (χ1v) is 7.77. The highest BCUT2D eigenvalue weighted by Gasteiger charge is 2.18. The van der Waals surface area contributed by atoms with Crippen LogP contribution in [-0.2, 0) is 4.74 Å². The average molecular weight is 276 g/mol. The second-order valence-electron chi connectivity index (χ2n) is 6.08. The second kappa shape index (κ2) is 7.21. The molecule has 3 nitrogen and oxygen atoms in total. The minimum Gasteiger partial charge on any atom is -0.378 e. The summed E-state index contributed by atoms with van der Waals surface area (Å²) >= 11 is 0. The molecule has 0 radical (unpaired) electrons. The van der Waals surface area contributed by atoms with Gasteiger partial charge in [-0.25, -0.2) is 0 Å². The largest absolute Gasteiger partial charge is 0.378 e. The number of nitrogens with one attached hydrogen (secondary N) is 1. The summed E-state index contributed by atoms with van der Waals surface area (Å²) in [5.74, 6) is 5.79. The Bertz CT molecular complexity index is 439. The fraction of sp³-hybridized carbons (Fsp3) is 0.647. The molecule has 20 heavy (non-hydrogen) atoms. The van der Waals surface area contributed by atoms with Crippen molar-refractivity contribution < 1.29 is 4.74 Å². The molecule has 0 amide bonds. The minimum absolute atomic E-state index is 0.222. The van der Waals surface area contributed by atoms with Crippen molar-refractivity contribution in [3.05, 3.63) is 34.4 Å². The van der Waals surface area contributed by atoms with Crippen LogP contribution >= 0.6 is 0 Å². The van der Waals surface area contributed by atoms with Gasteiger partial charge in [-0.3, -0.25) is 11.3 Å². The molecule has 112 valence electrons. The molecule has 1 aliphatic heterocycles. The fourth-order valence-electron chi connectivity index (χ4n) is 3.07. The number of hydrazine groups is 1. The zero-order valence-corrected chi connectivity index (χ0v) is 13.0. The van der Waals surface area contributed by atoms with Crippen molar-refractivity contribution in [1.82, 2.24) is 5.43 Å². The van der Waals surface area contributed by atoms with E-state index in [0.29, 0.717) is 6.10 Å². The minimum atomic E-state index is 0.222. The van der Waals surface area contributed by atoms with Crippen molar-refractivity contribution >= 4 is 0 Å². The molecule has 0 aliphatic carbocycles. The molecule has 0 saturated carbocycles. The molecule has 2 atom stereocenters. The molecule has 1 aromatic carbocycles. The van der Waals surface area contributed by atoms with Gasteiger partial charge in [-0.15, -0.1) is 0 Å². The zero-order valence-electron chi connectivity index (χ0n) is 13.0. The highest BCUT2D eigenvalue weighted by molar-refractivity contribution is 5.38. The number of hydrogen-bond donors (Lipinski definition) is 2. The molecule has 2 rings (SSSR count). The van der Waals surface area contributed by atoms with Crippen LogP contribution in [0.4, 0.5) is 0 Å². The predicted molar refractivity (Wildman–Crippen MR) is 83.5 cm³/mol. The summed E-state index contributed by atoms with van der Waals surface area (Å²) in [5, 5.41) is 0. The van der Waals surface area contributed by atoms with Gasteiger partial charge < -0.3 is 4.74 Å². The predicted octanol–water partition coefficient (Wildman–Crippen LogP) is 3.47. The van der Waals surface area contributed by atoms with Crippen LogP contribution in [0.3, 0.4) is 0 Å². The lowest BCUT2D eigenvalue weighted by Gasteiger charge is -2.26. The van der Waals surface area contributed by atoms with Crippen molar-refractivity contribution in [1.29, 1.82) is 0 Å². The molecule has 0 spiro atoms. The smallest absolute Gasteiger partial charge is 0.0575 e. The Hall–Kier alpha value is -0.900. The Labute approximate surface area is 122 Å². The van der Waals surface area contributed by atoms with Crippen LogP contribution in [-0.4, -0.2) is 12.7 Å². The summed E-state index contributed by atoms with van der Waals surface area (Å²) in [6.45, 7) is 7.42. The lowest BCUT2D eigenvalue weighted by Crippen LogP contribution is -2.30. The highest BCUT2D eigenvalue weighted by atomic mass is 16.5. The highest BCUT2D eigenvalue weighted by Crippen LogP contribution is 2.27. The van der Waals surface area contributed by atoms with E-state index >= 15 is 0 Å². The molecule has 1 heterocycles. The molecule has 3 heteroatoms. The van der Waals surface area contributed by atoms with Crippen molar-refractivity contribution in [3.63, 3.8) is 0 Å². The lowest BCUT2D eigenvalue weighted by molar-refractivity contribution is 0.00853. The maximum atomic E-state index is 5.81. The molecule has 3 N–H and O–H groups in total. The summed E-state index contributed by atoms with van der Waals surface area (Å²) in [4.78, 5) is 0. The van der Waals surface area contributed by atoms with E-state index in [2.05, 4.69) is 38.3 Å². The number of hydrogen-bond acceptors (Lipinski definition) is 3. The van der Waals surface area contributed by atoms with E-state index in [1.54, 1.807) is 0 Å². The molecular weight excluding hydrogens is 248 g/mol. The van der Waals surface area contributed by atoms with Crippen molar-refractivity contribution in [2.45, 2.75) is 65.0 Å². The fourth-order valence-corrected chi connectivity index (χ4v) is 3.07. The average Bonchev–Trinajstić information content (AvgIpc) is 2.46. The number of ether oxygens (including phenoxy) is 1.